The summed E-state index contributed by atoms with van der Waals surface area (Å²) in [6.45, 7) is 1.02. The number of nitrogens with one attached hydrogen (secondary N) is 1. The van der Waals surface area contributed by atoms with Crippen LogP contribution in [0, 0.1) is 0 Å². The lowest BCUT2D eigenvalue weighted by atomic mass is 9.98. The van der Waals surface area contributed by atoms with Crippen molar-refractivity contribution in [2.24, 2.45) is 0 Å². The highest BCUT2D eigenvalue weighted by atomic mass is 32.2. The molecule has 1 saturated heterocycles. The minimum absolute atomic E-state index is 0.0447. The van der Waals surface area contributed by atoms with E-state index in [1.807, 2.05) is 0 Å². The highest BCUT2D eigenvalue weighted by Crippen LogP contribution is 2.30. The normalized spacial score (nSPS) is 19.5. The van der Waals surface area contributed by atoms with Crippen molar-refractivity contribution < 1.29 is 22.7 Å². The number of benzene rings is 1. The largest absolute Gasteiger partial charge is 0.495 e. The van der Waals surface area contributed by atoms with Crippen LogP contribution < -0.4 is 10.1 Å². The minimum atomic E-state index is -3.60. The molecule has 0 spiro atoms. The predicted molar refractivity (Wildman–Crippen MR) is 112 cm³/mol. The molecular weight excluding hydrogens is 392 g/mol. The van der Waals surface area contributed by atoms with Crippen LogP contribution in [0.5, 0.6) is 5.75 Å². The molecule has 8 heteroatoms. The summed E-state index contributed by atoms with van der Waals surface area (Å²) < 4.78 is 38.7. The van der Waals surface area contributed by atoms with Crippen molar-refractivity contribution in [1.29, 1.82) is 0 Å². The van der Waals surface area contributed by atoms with E-state index in [-0.39, 0.29) is 23.5 Å². The van der Waals surface area contributed by atoms with Crippen LogP contribution in [-0.4, -0.2) is 51.5 Å². The number of hydrogen-bond acceptors (Lipinski definition) is 5. The average molecular weight is 425 g/mol. The summed E-state index contributed by atoms with van der Waals surface area (Å²) in [5, 5.41) is 2.76. The molecule has 0 unspecified atom stereocenters. The zero-order valence-corrected chi connectivity index (χ0v) is 18.0. The van der Waals surface area contributed by atoms with Gasteiger partial charge in [-0.05, 0) is 43.9 Å². The molecule has 162 valence electrons. The lowest BCUT2D eigenvalue weighted by Crippen LogP contribution is -2.32. The van der Waals surface area contributed by atoms with Crippen molar-refractivity contribution in [2.45, 2.75) is 68.8 Å². The fourth-order valence-electron chi connectivity index (χ4n) is 3.99. The first-order valence-corrected chi connectivity index (χ1v) is 12.0. The van der Waals surface area contributed by atoms with Gasteiger partial charge in [-0.25, -0.2) is 8.42 Å². The zero-order valence-electron chi connectivity index (χ0n) is 17.2. The molecule has 0 aromatic heterocycles. The van der Waals surface area contributed by atoms with E-state index in [2.05, 4.69) is 5.32 Å². The quantitative estimate of drug-likeness (QED) is 0.724. The Bertz CT molecular complexity index is 782. The van der Waals surface area contributed by atoms with Gasteiger partial charge in [0.1, 0.15) is 12.4 Å². The first-order valence-electron chi connectivity index (χ1n) is 10.6. The molecule has 1 aliphatic heterocycles. The molecule has 1 aliphatic carbocycles. The highest BCUT2D eigenvalue weighted by Gasteiger charge is 2.26. The molecule has 1 aromatic rings. The second-order valence-corrected chi connectivity index (χ2v) is 9.74. The maximum atomic E-state index is 13.1. The number of carbonyl (C=O) groups is 1. The summed E-state index contributed by atoms with van der Waals surface area (Å²) in [7, 11) is -2.11. The van der Waals surface area contributed by atoms with Crippen LogP contribution in [0.2, 0.25) is 0 Å². The SMILES string of the molecule is COc1ccc(S(=O)(=O)N2CCCCCC2)cc1NC(=O)COC1CCCCC1. The van der Waals surface area contributed by atoms with Gasteiger partial charge < -0.3 is 14.8 Å². The lowest BCUT2D eigenvalue weighted by molar-refractivity contribution is -0.123. The maximum Gasteiger partial charge on any atom is 0.250 e. The Hall–Kier alpha value is -1.64. The Kier molecular flexibility index (Phi) is 7.91. The Labute approximate surface area is 173 Å². The van der Waals surface area contributed by atoms with Gasteiger partial charge in [0, 0.05) is 13.1 Å². The van der Waals surface area contributed by atoms with Crippen molar-refractivity contribution in [3.63, 3.8) is 0 Å². The number of amides is 1. The molecule has 1 amide bonds. The van der Waals surface area contributed by atoms with E-state index in [1.54, 1.807) is 10.4 Å². The maximum absolute atomic E-state index is 13.1. The van der Waals surface area contributed by atoms with E-state index in [0.29, 0.717) is 24.5 Å². The van der Waals surface area contributed by atoms with Crippen LogP contribution in [0.3, 0.4) is 0 Å². The van der Waals surface area contributed by atoms with Crippen LogP contribution in [0.15, 0.2) is 23.1 Å². The van der Waals surface area contributed by atoms with Gasteiger partial charge in [-0.3, -0.25) is 4.79 Å². The van der Waals surface area contributed by atoms with E-state index in [9.17, 15) is 13.2 Å². The van der Waals surface area contributed by atoms with Crippen LogP contribution in [0.25, 0.3) is 0 Å². The van der Waals surface area contributed by atoms with Gasteiger partial charge in [0.25, 0.3) is 0 Å². The third kappa shape index (κ3) is 5.93. The Balaban J connectivity index is 1.69. The molecule has 3 rings (SSSR count). The number of hydrogen-bond donors (Lipinski definition) is 1. The molecule has 29 heavy (non-hydrogen) atoms. The van der Waals surface area contributed by atoms with Gasteiger partial charge in [-0.15, -0.1) is 0 Å². The predicted octanol–water partition coefficient (Wildman–Crippen LogP) is 3.55. The number of rotatable bonds is 7. The molecule has 7 nitrogen and oxygen atoms in total. The van der Waals surface area contributed by atoms with E-state index in [1.165, 1.54) is 25.7 Å². The number of sulfonamides is 1. The van der Waals surface area contributed by atoms with E-state index < -0.39 is 10.0 Å². The molecule has 1 saturated carbocycles. The molecule has 0 radical (unpaired) electrons. The Morgan fingerprint density at radius 2 is 1.72 bits per heavy atom. The van der Waals surface area contributed by atoms with Gasteiger partial charge in [0.15, 0.2) is 0 Å². The zero-order chi connectivity index (χ0) is 20.7. The number of anilines is 1. The Morgan fingerprint density at radius 1 is 1.07 bits per heavy atom. The standard InChI is InChI=1S/C21H32N2O5S/c1-27-20-12-11-18(29(25,26)23-13-7-2-3-8-14-23)15-19(20)22-21(24)16-28-17-9-5-4-6-10-17/h11-12,15,17H,2-10,13-14,16H2,1H3,(H,22,24). The number of ether oxygens (including phenoxy) is 2. The molecule has 2 fully saturated rings. The second kappa shape index (κ2) is 10.4. The van der Waals surface area contributed by atoms with Crippen molar-refractivity contribution in [3.8, 4) is 5.75 Å². The molecule has 0 atom stereocenters. The molecule has 0 bridgehead atoms. The topological polar surface area (TPSA) is 84.9 Å². The monoisotopic (exact) mass is 424 g/mol. The first-order chi connectivity index (χ1) is 14.0. The van der Waals surface area contributed by atoms with Crippen LogP contribution in [-0.2, 0) is 19.6 Å². The number of methoxy groups -OCH3 is 1. The van der Waals surface area contributed by atoms with Gasteiger partial charge in [0.2, 0.25) is 15.9 Å². The minimum Gasteiger partial charge on any atom is -0.495 e. The fraction of sp³-hybridized carbons (Fsp3) is 0.667. The summed E-state index contributed by atoms with van der Waals surface area (Å²) in [4.78, 5) is 12.5. The second-order valence-electron chi connectivity index (χ2n) is 7.80. The van der Waals surface area contributed by atoms with Gasteiger partial charge >= 0.3 is 0 Å². The van der Waals surface area contributed by atoms with E-state index in [4.69, 9.17) is 9.47 Å². The number of nitrogens with zero attached hydrogens (tertiary/aromatic N) is 1. The molecule has 2 aliphatic rings. The summed E-state index contributed by atoms with van der Waals surface area (Å²) in [6.07, 6.45) is 9.45. The van der Waals surface area contributed by atoms with Crippen molar-refractivity contribution >= 4 is 21.6 Å². The summed E-state index contributed by atoms with van der Waals surface area (Å²) in [6, 6.07) is 4.60. The van der Waals surface area contributed by atoms with Gasteiger partial charge in [-0.1, -0.05) is 32.1 Å². The van der Waals surface area contributed by atoms with Crippen LogP contribution >= 0.6 is 0 Å². The van der Waals surface area contributed by atoms with E-state index in [0.717, 1.165) is 51.4 Å². The van der Waals surface area contributed by atoms with Gasteiger partial charge in [-0.2, -0.15) is 4.31 Å². The summed E-state index contributed by atoms with van der Waals surface area (Å²) in [5.41, 5.74) is 0.348. The third-order valence-corrected chi connectivity index (χ3v) is 7.54. The molecule has 1 heterocycles. The van der Waals surface area contributed by atoms with Crippen molar-refractivity contribution in [1.82, 2.24) is 4.31 Å². The third-order valence-electron chi connectivity index (χ3n) is 5.65. The smallest absolute Gasteiger partial charge is 0.250 e. The molecule has 1 aromatic carbocycles. The first kappa shape index (κ1) is 22.1. The Morgan fingerprint density at radius 3 is 2.38 bits per heavy atom. The summed E-state index contributed by atoms with van der Waals surface area (Å²) >= 11 is 0. The lowest BCUT2D eigenvalue weighted by Gasteiger charge is -2.22. The van der Waals surface area contributed by atoms with E-state index >= 15 is 0 Å². The van der Waals surface area contributed by atoms with Crippen LogP contribution in [0.4, 0.5) is 5.69 Å². The van der Waals surface area contributed by atoms with Crippen molar-refractivity contribution in [2.75, 3.05) is 32.1 Å². The van der Waals surface area contributed by atoms with Crippen LogP contribution in [0.1, 0.15) is 57.8 Å². The molecular formula is C21H32N2O5S. The van der Waals surface area contributed by atoms with Crippen molar-refractivity contribution in [3.05, 3.63) is 18.2 Å². The average Bonchev–Trinajstić information content (AvgIpc) is 3.03. The van der Waals surface area contributed by atoms with Gasteiger partial charge in [0.05, 0.1) is 23.8 Å². The highest BCUT2D eigenvalue weighted by molar-refractivity contribution is 7.89. The summed E-state index contributed by atoms with van der Waals surface area (Å²) in [5.74, 6) is 0.115. The molecule has 1 N–H and O–H groups in total. The number of carbonyl (C=O) groups excluding carboxylic acids is 1. The fourth-order valence-corrected chi connectivity index (χ4v) is 5.53.